The first-order valence-corrected chi connectivity index (χ1v) is 15.9. The van der Waals surface area contributed by atoms with Gasteiger partial charge in [0.25, 0.3) is 0 Å². The Morgan fingerprint density at radius 3 is 2.52 bits per heavy atom. The molecule has 13 heteroatoms. The van der Waals surface area contributed by atoms with Crippen molar-refractivity contribution in [1.82, 2.24) is 19.4 Å². The molecule has 3 aromatic rings. The van der Waals surface area contributed by atoms with Crippen LogP contribution in [-0.4, -0.2) is 97.4 Å². The van der Waals surface area contributed by atoms with Crippen molar-refractivity contribution >= 4 is 40.3 Å². The van der Waals surface area contributed by atoms with Gasteiger partial charge in [-0.05, 0) is 55.5 Å². The molecule has 1 aromatic carbocycles. The van der Waals surface area contributed by atoms with E-state index in [1.54, 1.807) is 34.3 Å². The van der Waals surface area contributed by atoms with E-state index >= 15 is 0 Å². The second-order valence-corrected chi connectivity index (χ2v) is 11.6. The third kappa shape index (κ3) is 7.61. The minimum absolute atomic E-state index is 0.0397. The number of anilines is 1. The van der Waals surface area contributed by atoms with Crippen LogP contribution in [0.5, 0.6) is 0 Å². The van der Waals surface area contributed by atoms with Crippen LogP contribution in [0.2, 0.25) is 5.02 Å². The van der Waals surface area contributed by atoms with Gasteiger partial charge in [0, 0.05) is 30.9 Å². The van der Waals surface area contributed by atoms with E-state index in [9.17, 15) is 14.0 Å². The minimum Gasteiger partial charge on any atom is -0.447 e. The normalized spacial score (nSPS) is 15.5. The van der Waals surface area contributed by atoms with E-state index < -0.39 is 11.5 Å². The number of rotatable bonds is 16. The molecule has 0 radical (unpaired) electrons. The molecule has 5 rings (SSSR count). The molecule has 2 aromatic heterocycles. The highest BCUT2D eigenvalue weighted by Crippen LogP contribution is 2.48. The first kappa shape index (κ1) is 33.6. The number of pyridine rings is 1. The Labute approximate surface area is 272 Å². The lowest BCUT2D eigenvalue weighted by molar-refractivity contribution is -0.125. The summed E-state index contributed by atoms with van der Waals surface area (Å²) in [4.78, 5) is 39.6. The van der Waals surface area contributed by atoms with Gasteiger partial charge in [-0.3, -0.25) is 14.2 Å². The number of aryl methyl sites for hydroxylation is 1. The van der Waals surface area contributed by atoms with Gasteiger partial charge >= 0.3 is 6.09 Å². The van der Waals surface area contributed by atoms with Crippen molar-refractivity contribution in [3.8, 4) is 12.3 Å². The Morgan fingerprint density at radius 1 is 1.04 bits per heavy atom. The summed E-state index contributed by atoms with van der Waals surface area (Å²) in [7, 11) is 0. The van der Waals surface area contributed by atoms with Crippen molar-refractivity contribution in [2.75, 3.05) is 70.9 Å². The summed E-state index contributed by atoms with van der Waals surface area (Å²) < 4.78 is 36.4. The van der Waals surface area contributed by atoms with Crippen molar-refractivity contribution in [2.24, 2.45) is 0 Å². The number of carbonyl (C=O) groups is 2. The third-order valence-corrected chi connectivity index (χ3v) is 8.61. The van der Waals surface area contributed by atoms with Gasteiger partial charge in [0.1, 0.15) is 19.0 Å². The number of amides is 2. The molecule has 11 nitrogen and oxygen atoms in total. The third-order valence-electron chi connectivity index (χ3n) is 8.37. The Kier molecular flexibility index (Phi) is 11.8. The average molecular weight is 656 g/mol. The Bertz CT molecular complexity index is 1540. The number of hydrogen-bond donors (Lipinski definition) is 0. The van der Waals surface area contributed by atoms with E-state index in [4.69, 9.17) is 42.0 Å². The van der Waals surface area contributed by atoms with E-state index in [1.165, 1.54) is 0 Å². The molecule has 1 fully saturated rings. The zero-order valence-corrected chi connectivity index (χ0v) is 26.6. The lowest BCUT2D eigenvalue weighted by Gasteiger charge is -2.38. The van der Waals surface area contributed by atoms with E-state index in [-0.39, 0.29) is 38.9 Å². The fourth-order valence-corrected chi connectivity index (χ4v) is 6.25. The highest BCUT2D eigenvalue weighted by atomic mass is 35.5. The van der Waals surface area contributed by atoms with Crippen LogP contribution in [-0.2, 0) is 42.2 Å². The van der Waals surface area contributed by atoms with Crippen LogP contribution in [0, 0.1) is 12.3 Å². The second-order valence-electron chi connectivity index (χ2n) is 11.2. The van der Waals surface area contributed by atoms with Gasteiger partial charge in [0.05, 0.1) is 74.6 Å². The topological polar surface area (TPSA) is 108 Å². The molecule has 46 heavy (non-hydrogen) atoms. The first-order valence-electron chi connectivity index (χ1n) is 15.5. The monoisotopic (exact) mass is 655 g/mol. The number of fused-ring (bicyclic) bond motifs is 3. The SMILES string of the molecule is C#CCOCCOCCOCCOC(=O)N1CCC2(CC1)C(=O)N(Cc1nc3cc(Cl)ccc3n1CCCCF)c1cnccc12. The number of nitrogens with zero attached hydrogens (tertiary/aromatic N) is 5. The molecule has 1 spiro atoms. The summed E-state index contributed by atoms with van der Waals surface area (Å²) in [5.74, 6) is 3.04. The fourth-order valence-electron chi connectivity index (χ4n) is 6.08. The fraction of sp³-hybridized carbons (Fsp3) is 0.515. The Balaban J connectivity index is 1.17. The molecule has 2 aliphatic rings. The number of likely N-dealkylation sites (tertiary alicyclic amines) is 1. The second kappa shape index (κ2) is 16.2. The summed E-state index contributed by atoms with van der Waals surface area (Å²) in [6, 6.07) is 7.41. The number of carbonyl (C=O) groups excluding carboxylic acids is 2. The standard InChI is InChI=1S/C33H39ClFN5O6/c1-2-15-43-16-17-44-18-19-45-20-21-46-32(42)38-13-8-33(9-14-38)26-7-11-36-23-29(26)40(31(33)41)24-30-37-27-22-25(34)5-6-28(27)39(30)12-4-3-10-35/h1,5-7,11,22-23H,3-4,8-10,12-21,24H2. The molecular weight excluding hydrogens is 617 g/mol. The van der Waals surface area contributed by atoms with Crippen LogP contribution in [0.1, 0.15) is 37.1 Å². The lowest BCUT2D eigenvalue weighted by atomic mass is 9.74. The summed E-state index contributed by atoms with van der Waals surface area (Å²) >= 11 is 6.25. The molecule has 0 saturated carbocycles. The van der Waals surface area contributed by atoms with Crippen molar-refractivity contribution < 1.29 is 32.9 Å². The van der Waals surface area contributed by atoms with Gasteiger partial charge in [-0.1, -0.05) is 17.5 Å². The van der Waals surface area contributed by atoms with Gasteiger partial charge in [0.15, 0.2) is 0 Å². The zero-order chi connectivity index (χ0) is 32.4. The van der Waals surface area contributed by atoms with Gasteiger partial charge in [-0.25, -0.2) is 9.78 Å². The number of hydrogen-bond acceptors (Lipinski definition) is 8. The van der Waals surface area contributed by atoms with E-state index in [1.807, 2.05) is 16.7 Å². The van der Waals surface area contributed by atoms with E-state index in [0.29, 0.717) is 82.6 Å². The number of benzene rings is 1. The van der Waals surface area contributed by atoms with Crippen molar-refractivity contribution in [1.29, 1.82) is 0 Å². The van der Waals surface area contributed by atoms with Crippen LogP contribution in [0.25, 0.3) is 11.0 Å². The highest BCUT2D eigenvalue weighted by molar-refractivity contribution is 6.31. The number of halogens is 2. The molecule has 2 aliphatic heterocycles. The molecule has 0 N–H and O–H groups in total. The van der Waals surface area contributed by atoms with Crippen molar-refractivity contribution in [3.05, 3.63) is 53.1 Å². The summed E-state index contributed by atoms with van der Waals surface area (Å²) in [6.45, 7) is 3.40. The summed E-state index contributed by atoms with van der Waals surface area (Å²) in [6.07, 6.45) is 10.1. The van der Waals surface area contributed by atoms with Crippen LogP contribution < -0.4 is 4.90 Å². The van der Waals surface area contributed by atoms with Crippen LogP contribution in [0.4, 0.5) is 14.9 Å². The Hall–Kier alpha value is -3.76. The van der Waals surface area contributed by atoms with Crippen LogP contribution in [0.15, 0.2) is 36.7 Å². The van der Waals surface area contributed by atoms with Gasteiger partial charge in [-0.2, -0.15) is 0 Å². The lowest BCUT2D eigenvalue weighted by Crippen LogP contribution is -2.50. The quantitative estimate of drug-likeness (QED) is 0.164. The van der Waals surface area contributed by atoms with Crippen molar-refractivity contribution in [3.63, 3.8) is 0 Å². The molecule has 0 aliphatic carbocycles. The highest BCUT2D eigenvalue weighted by Gasteiger charge is 2.53. The molecule has 0 atom stereocenters. The maximum atomic E-state index is 14.3. The van der Waals surface area contributed by atoms with Gasteiger partial charge in [0.2, 0.25) is 5.91 Å². The largest absolute Gasteiger partial charge is 0.447 e. The average Bonchev–Trinajstić information content (AvgIpc) is 3.51. The van der Waals surface area contributed by atoms with Gasteiger partial charge in [-0.15, -0.1) is 6.42 Å². The maximum Gasteiger partial charge on any atom is 0.409 e. The minimum atomic E-state index is -0.779. The molecular formula is C33H39ClFN5O6. The zero-order valence-electron chi connectivity index (χ0n) is 25.8. The summed E-state index contributed by atoms with van der Waals surface area (Å²) in [5.41, 5.74) is 2.48. The Morgan fingerprint density at radius 2 is 1.78 bits per heavy atom. The number of piperidine rings is 1. The van der Waals surface area contributed by atoms with Crippen LogP contribution in [0.3, 0.4) is 0 Å². The number of alkyl halides is 1. The molecule has 0 unspecified atom stereocenters. The first-order chi connectivity index (χ1) is 22.5. The number of aromatic nitrogens is 3. The predicted molar refractivity (Wildman–Crippen MR) is 171 cm³/mol. The molecule has 246 valence electrons. The van der Waals surface area contributed by atoms with E-state index in [2.05, 4.69) is 10.9 Å². The molecule has 4 heterocycles. The predicted octanol–water partition coefficient (Wildman–Crippen LogP) is 4.53. The number of unbranched alkanes of at least 4 members (excludes halogenated alkanes) is 1. The smallest absolute Gasteiger partial charge is 0.409 e. The molecule has 2 amide bonds. The number of imidazole rings is 1. The van der Waals surface area contributed by atoms with Gasteiger partial charge < -0.3 is 33.3 Å². The number of terminal acetylenes is 1. The van der Waals surface area contributed by atoms with Crippen molar-refractivity contribution in [2.45, 2.75) is 44.2 Å². The maximum absolute atomic E-state index is 14.3. The van der Waals surface area contributed by atoms with Crippen LogP contribution >= 0.6 is 11.6 Å². The molecule has 0 bridgehead atoms. The molecule has 1 saturated heterocycles. The van der Waals surface area contributed by atoms with E-state index in [0.717, 1.165) is 22.3 Å². The summed E-state index contributed by atoms with van der Waals surface area (Å²) in [5, 5.41) is 0.570. The number of ether oxygens (including phenoxy) is 4.